The number of rotatable bonds is 7. The van der Waals surface area contributed by atoms with E-state index >= 15 is 0 Å². The Bertz CT molecular complexity index is 342. The van der Waals surface area contributed by atoms with Crippen LogP contribution in [-0.4, -0.2) is 66.7 Å². The molecule has 19 heavy (non-hydrogen) atoms. The lowest BCUT2D eigenvalue weighted by Gasteiger charge is -2.29. The van der Waals surface area contributed by atoms with Gasteiger partial charge in [-0.3, -0.25) is 0 Å². The molecule has 0 aliphatic heterocycles. The monoisotopic (exact) mass is 271 g/mol. The summed E-state index contributed by atoms with van der Waals surface area (Å²) in [5.74, 6) is -0.894. The molecule has 0 radical (unpaired) electrons. The fourth-order valence-electron chi connectivity index (χ4n) is 2.03. The first kappa shape index (κ1) is 15.8. The zero-order valence-corrected chi connectivity index (χ0v) is 12.3. The van der Waals surface area contributed by atoms with Crippen LogP contribution in [-0.2, 0) is 4.79 Å². The van der Waals surface area contributed by atoms with Gasteiger partial charge in [-0.05, 0) is 52.7 Å². The van der Waals surface area contributed by atoms with E-state index in [2.05, 4.69) is 10.2 Å². The predicted octanol–water partition coefficient (Wildman–Crippen LogP) is 0.833. The quantitative estimate of drug-likeness (QED) is 0.719. The first-order valence-electron chi connectivity index (χ1n) is 6.68. The smallest absolute Gasteiger partial charge is 0.329 e. The highest BCUT2D eigenvalue weighted by Gasteiger charge is 2.48. The molecule has 2 N–H and O–H groups in total. The van der Waals surface area contributed by atoms with Gasteiger partial charge >= 0.3 is 12.0 Å². The molecule has 1 fully saturated rings. The Balaban J connectivity index is 2.46. The van der Waals surface area contributed by atoms with E-state index in [4.69, 9.17) is 0 Å². The van der Waals surface area contributed by atoms with E-state index in [0.717, 1.165) is 25.8 Å². The molecule has 0 spiro atoms. The minimum Gasteiger partial charge on any atom is -0.480 e. The topological polar surface area (TPSA) is 72.9 Å². The lowest BCUT2D eigenvalue weighted by molar-refractivity contribution is -0.144. The molecule has 1 unspecified atom stereocenters. The van der Waals surface area contributed by atoms with Crippen molar-refractivity contribution in [1.29, 1.82) is 0 Å². The molecular formula is C13H25N3O3. The summed E-state index contributed by atoms with van der Waals surface area (Å²) in [7, 11) is 5.66. The number of carboxylic acids is 1. The van der Waals surface area contributed by atoms with Crippen molar-refractivity contribution in [1.82, 2.24) is 15.1 Å². The number of nitrogens with one attached hydrogen (secondary N) is 1. The number of carbonyl (C=O) groups is 2. The van der Waals surface area contributed by atoms with Crippen molar-refractivity contribution in [2.45, 2.75) is 31.7 Å². The van der Waals surface area contributed by atoms with Crippen LogP contribution in [0.4, 0.5) is 4.79 Å². The lowest BCUT2D eigenvalue weighted by Crippen LogP contribution is -2.57. The van der Waals surface area contributed by atoms with Crippen LogP contribution in [0.25, 0.3) is 0 Å². The second-order valence-electron chi connectivity index (χ2n) is 5.79. The molecule has 1 aliphatic rings. The summed E-state index contributed by atoms with van der Waals surface area (Å²) in [6.07, 6.45) is 2.60. The summed E-state index contributed by atoms with van der Waals surface area (Å²) in [5, 5.41) is 11.9. The molecule has 0 saturated heterocycles. The molecular weight excluding hydrogens is 246 g/mol. The maximum atomic E-state index is 12.0. The van der Waals surface area contributed by atoms with Gasteiger partial charge in [0.2, 0.25) is 0 Å². The number of amides is 2. The Morgan fingerprint density at radius 2 is 1.84 bits per heavy atom. The number of urea groups is 1. The Kier molecular flexibility index (Phi) is 5.17. The van der Waals surface area contributed by atoms with Crippen LogP contribution in [0.5, 0.6) is 0 Å². The molecule has 110 valence electrons. The van der Waals surface area contributed by atoms with Gasteiger partial charge in [-0.1, -0.05) is 0 Å². The molecule has 2 amide bonds. The first-order valence-corrected chi connectivity index (χ1v) is 6.68. The molecule has 1 rings (SSSR count). The highest BCUT2D eigenvalue weighted by atomic mass is 16.4. The number of carbonyl (C=O) groups excluding carboxylic acids is 1. The van der Waals surface area contributed by atoms with Gasteiger partial charge in [0.1, 0.15) is 5.54 Å². The summed E-state index contributed by atoms with van der Waals surface area (Å²) < 4.78 is 0. The average molecular weight is 271 g/mol. The van der Waals surface area contributed by atoms with Crippen molar-refractivity contribution in [3.05, 3.63) is 0 Å². The largest absolute Gasteiger partial charge is 0.480 e. The average Bonchev–Trinajstić information content (AvgIpc) is 3.11. The normalized spacial score (nSPS) is 17.9. The molecule has 6 nitrogen and oxygen atoms in total. The lowest BCUT2D eigenvalue weighted by atomic mass is 9.96. The van der Waals surface area contributed by atoms with E-state index in [0.29, 0.717) is 6.54 Å². The molecule has 1 saturated carbocycles. The second kappa shape index (κ2) is 6.23. The number of hydrogen-bond donors (Lipinski definition) is 2. The van der Waals surface area contributed by atoms with E-state index in [9.17, 15) is 14.7 Å². The van der Waals surface area contributed by atoms with Crippen LogP contribution in [0.2, 0.25) is 0 Å². The Labute approximate surface area is 114 Å². The summed E-state index contributed by atoms with van der Waals surface area (Å²) in [6.45, 7) is 3.11. The highest BCUT2D eigenvalue weighted by molar-refractivity contribution is 5.86. The van der Waals surface area contributed by atoms with Gasteiger partial charge in [-0.2, -0.15) is 0 Å². The van der Waals surface area contributed by atoms with Gasteiger partial charge in [0, 0.05) is 13.6 Å². The van der Waals surface area contributed by atoms with E-state index in [-0.39, 0.29) is 11.9 Å². The van der Waals surface area contributed by atoms with Crippen molar-refractivity contribution in [3.63, 3.8) is 0 Å². The molecule has 0 aromatic rings. The third-order valence-corrected chi connectivity index (χ3v) is 3.65. The van der Waals surface area contributed by atoms with Gasteiger partial charge in [0.15, 0.2) is 0 Å². The van der Waals surface area contributed by atoms with Crippen LogP contribution >= 0.6 is 0 Å². The number of nitrogens with zero attached hydrogens (tertiary/aromatic N) is 2. The van der Waals surface area contributed by atoms with Crippen molar-refractivity contribution in [3.8, 4) is 0 Å². The van der Waals surface area contributed by atoms with E-state index < -0.39 is 11.5 Å². The van der Waals surface area contributed by atoms with E-state index in [1.54, 1.807) is 18.9 Å². The summed E-state index contributed by atoms with van der Waals surface area (Å²) >= 11 is 0. The Morgan fingerprint density at radius 1 is 1.26 bits per heavy atom. The Hall–Kier alpha value is -1.30. The Morgan fingerprint density at radius 3 is 2.26 bits per heavy atom. The molecule has 6 heteroatoms. The van der Waals surface area contributed by atoms with Crippen LogP contribution in [0.1, 0.15) is 26.2 Å². The van der Waals surface area contributed by atoms with E-state index in [1.807, 2.05) is 14.1 Å². The first-order chi connectivity index (χ1) is 8.77. The van der Waals surface area contributed by atoms with Crippen molar-refractivity contribution in [2.75, 3.05) is 34.2 Å². The summed E-state index contributed by atoms with van der Waals surface area (Å²) in [4.78, 5) is 26.9. The number of hydrogen-bond acceptors (Lipinski definition) is 3. The minimum atomic E-state index is -1.13. The molecule has 0 bridgehead atoms. The minimum absolute atomic E-state index is 0.0594. The van der Waals surface area contributed by atoms with Gasteiger partial charge in [-0.15, -0.1) is 0 Å². The summed E-state index contributed by atoms with van der Waals surface area (Å²) in [5.41, 5.74) is -1.13. The van der Waals surface area contributed by atoms with Crippen LogP contribution in [0.15, 0.2) is 0 Å². The number of aliphatic carboxylic acids is 1. The maximum Gasteiger partial charge on any atom is 0.329 e. The highest BCUT2D eigenvalue weighted by Crippen LogP contribution is 2.39. The molecule has 1 atom stereocenters. The fraction of sp³-hybridized carbons (Fsp3) is 0.846. The molecule has 0 heterocycles. The SMILES string of the molecule is CN(C)CCCN(C)C(=O)NC(C)(C(=O)O)C1CC1. The third kappa shape index (κ3) is 4.38. The fourth-order valence-corrected chi connectivity index (χ4v) is 2.03. The maximum absolute atomic E-state index is 12.0. The summed E-state index contributed by atoms with van der Waals surface area (Å²) in [6, 6.07) is -0.310. The van der Waals surface area contributed by atoms with Crippen LogP contribution < -0.4 is 5.32 Å². The number of carboxylic acid groups (broad SMARTS) is 1. The second-order valence-corrected chi connectivity index (χ2v) is 5.79. The zero-order valence-electron chi connectivity index (χ0n) is 12.3. The van der Waals surface area contributed by atoms with Gasteiger partial charge in [-0.25, -0.2) is 9.59 Å². The molecule has 1 aliphatic carbocycles. The standard InChI is InChI=1S/C13H25N3O3/c1-13(11(17)18,10-6-7-10)14-12(19)16(4)9-5-8-15(2)3/h10H,5-9H2,1-4H3,(H,14,19)(H,17,18). The van der Waals surface area contributed by atoms with Crippen LogP contribution in [0.3, 0.4) is 0 Å². The van der Waals surface area contributed by atoms with Crippen molar-refractivity contribution < 1.29 is 14.7 Å². The van der Waals surface area contributed by atoms with Crippen LogP contribution in [0, 0.1) is 5.92 Å². The predicted molar refractivity (Wildman–Crippen MR) is 73.1 cm³/mol. The van der Waals surface area contributed by atoms with Gasteiger partial charge in [0.25, 0.3) is 0 Å². The van der Waals surface area contributed by atoms with Gasteiger partial charge in [0.05, 0.1) is 0 Å². The van der Waals surface area contributed by atoms with Gasteiger partial charge < -0.3 is 20.2 Å². The zero-order chi connectivity index (χ0) is 14.6. The van der Waals surface area contributed by atoms with E-state index in [1.165, 1.54) is 0 Å². The third-order valence-electron chi connectivity index (χ3n) is 3.65. The molecule has 0 aromatic heterocycles. The van der Waals surface area contributed by atoms with Crippen molar-refractivity contribution in [2.24, 2.45) is 5.92 Å². The molecule has 0 aromatic carbocycles. The van der Waals surface area contributed by atoms with Crippen molar-refractivity contribution >= 4 is 12.0 Å².